The molecule has 1 saturated heterocycles. The number of nitrogens with zero attached hydrogens (tertiary/aromatic N) is 3. The number of anilines is 1. The second-order valence-electron chi connectivity index (χ2n) is 7.47. The molecular formula is C20H25N5O6S2. The van der Waals surface area contributed by atoms with Crippen molar-refractivity contribution in [3.63, 3.8) is 0 Å². The fourth-order valence-electron chi connectivity index (χ4n) is 3.30. The van der Waals surface area contributed by atoms with Crippen LogP contribution in [0.2, 0.25) is 0 Å². The van der Waals surface area contributed by atoms with E-state index in [1.54, 1.807) is 17.5 Å². The number of aromatic nitrogens is 1. The summed E-state index contributed by atoms with van der Waals surface area (Å²) >= 11 is 1.21. The van der Waals surface area contributed by atoms with Crippen molar-refractivity contribution < 1.29 is 27.5 Å². The number of nitrogens with one attached hydrogen (secondary N) is 1. The highest BCUT2D eigenvalue weighted by Crippen LogP contribution is 2.20. The molecule has 2 atom stereocenters. The maximum absolute atomic E-state index is 13.6. The molecule has 0 spiro atoms. The SMILES string of the molecule is C[C@H](N)C(=O)N(C(=O)[C@H](CC1=CCC(=S(=O)=O)C=C1)NC(=O)N1CCOCC1)c1cscn1. The lowest BCUT2D eigenvalue weighted by Gasteiger charge is -2.31. The largest absolute Gasteiger partial charge is 0.378 e. The number of carbonyl (C=O) groups excluding carboxylic acids is 3. The molecule has 1 aromatic rings. The van der Waals surface area contributed by atoms with Crippen LogP contribution in [0.15, 0.2) is 34.7 Å². The van der Waals surface area contributed by atoms with Gasteiger partial charge in [-0.05, 0) is 18.6 Å². The first-order valence-corrected chi connectivity index (χ1v) is 12.3. The van der Waals surface area contributed by atoms with Gasteiger partial charge in [0.1, 0.15) is 6.04 Å². The predicted octanol–water partition coefficient (Wildman–Crippen LogP) is 0.0882. The lowest BCUT2D eigenvalue weighted by atomic mass is 9.99. The highest BCUT2D eigenvalue weighted by atomic mass is 32.2. The molecule has 178 valence electrons. The standard InChI is InChI=1S/C20H25N5O6S2/c1-13(21)18(26)25(17-11-32-12-22-17)19(27)16(23-20(28)24-6-8-31-9-7-24)10-14-2-4-15(5-3-14)33(29)30/h2-4,11-13,16H,5-10,21H2,1H3,(H,23,28)/t13-,16-/m0/s1. The minimum Gasteiger partial charge on any atom is -0.378 e. The highest BCUT2D eigenvalue weighted by Gasteiger charge is 2.35. The van der Waals surface area contributed by atoms with Crippen molar-refractivity contribution in [2.24, 2.45) is 5.73 Å². The van der Waals surface area contributed by atoms with E-state index in [0.29, 0.717) is 31.9 Å². The summed E-state index contributed by atoms with van der Waals surface area (Å²) in [5.74, 6) is -1.20. The van der Waals surface area contributed by atoms with E-state index < -0.39 is 40.2 Å². The van der Waals surface area contributed by atoms with Gasteiger partial charge in [-0.2, -0.15) is 8.42 Å². The highest BCUT2D eigenvalue weighted by molar-refractivity contribution is 7.73. The summed E-state index contributed by atoms with van der Waals surface area (Å²) in [7, 11) is -2.33. The molecule has 1 aliphatic carbocycles. The van der Waals surface area contributed by atoms with Gasteiger partial charge in [0.25, 0.3) is 11.8 Å². The molecule has 3 N–H and O–H groups in total. The van der Waals surface area contributed by atoms with E-state index in [0.717, 1.165) is 4.90 Å². The second-order valence-corrected chi connectivity index (χ2v) is 9.18. The molecule has 0 radical (unpaired) electrons. The fraction of sp³-hybridized carbons (Fsp3) is 0.450. The Morgan fingerprint density at radius 3 is 2.55 bits per heavy atom. The third-order valence-corrected chi connectivity index (χ3v) is 6.38. The first kappa shape index (κ1) is 24.8. The average Bonchev–Trinajstić information content (AvgIpc) is 3.33. The molecule has 4 amide bonds. The van der Waals surface area contributed by atoms with E-state index in [4.69, 9.17) is 10.5 Å². The molecule has 3 rings (SSSR count). The molecule has 11 nitrogen and oxygen atoms in total. The first-order valence-electron chi connectivity index (χ1n) is 10.2. The third kappa shape index (κ3) is 6.35. The van der Waals surface area contributed by atoms with Crippen LogP contribution in [0.4, 0.5) is 10.6 Å². The number of amides is 4. The Kier molecular flexibility index (Phi) is 8.49. The van der Waals surface area contributed by atoms with Crippen molar-refractivity contribution in [1.29, 1.82) is 0 Å². The Hall–Kier alpha value is -2.87. The summed E-state index contributed by atoms with van der Waals surface area (Å²) in [5.41, 5.74) is 7.90. The molecule has 0 bridgehead atoms. The molecule has 1 aromatic heterocycles. The maximum Gasteiger partial charge on any atom is 0.318 e. The van der Waals surface area contributed by atoms with Gasteiger partial charge in [0.2, 0.25) is 10.3 Å². The Morgan fingerprint density at radius 2 is 2.00 bits per heavy atom. The summed E-state index contributed by atoms with van der Waals surface area (Å²) in [6.07, 6.45) is 4.93. The third-order valence-electron chi connectivity index (χ3n) is 5.08. The Bertz CT molecular complexity index is 1080. The molecule has 0 unspecified atom stereocenters. The number of morpholine rings is 1. The van der Waals surface area contributed by atoms with Gasteiger partial charge in [0, 0.05) is 31.3 Å². The van der Waals surface area contributed by atoms with Gasteiger partial charge in [-0.1, -0.05) is 12.2 Å². The van der Waals surface area contributed by atoms with Crippen LogP contribution in [0.25, 0.3) is 0 Å². The minimum atomic E-state index is -2.33. The van der Waals surface area contributed by atoms with Crippen LogP contribution in [-0.4, -0.2) is 79.4 Å². The summed E-state index contributed by atoms with van der Waals surface area (Å²) < 4.78 is 27.6. The molecule has 13 heteroatoms. The Balaban J connectivity index is 1.88. The van der Waals surface area contributed by atoms with Gasteiger partial charge in [-0.3, -0.25) is 9.59 Å². The zero-order valence-electron chi connectivity index (χ0n) is 18.0. The number of hydrogen-bond acceptors (Lipinski definition) is 9. The molecule has 33 heavy (non-hydrogen) atoms. The van der Waals surface area contributed by atoms with E-state index in [2.05, 4.69) is 10.3 Å². The lowest BCUT2D eigenvalue weighted by molar-refractivity contribution is -0.128. The van der Waals surface area contributed by atoms with Crippen molar-refractivity contribution in [3.8, 4) is 0 Å². The number of ether oxygens (including phenoxy) is 1. The number of allylic oxidation sites excluding steroid dienone is 3. The summed E-state index contributed by atoms with van der Waals surface area (Å²) in [6, 6.07) is -2.54. The Morgan fingerprint density at radius 1 is 1.27 bits per heavy atom. The monoisotopic (exact) mass is 495 g/mol. The van der Waals surface area contributed by atoms with Gasteiger partial charge in [-0.25, -0.2) is 14.7 Å². The van der Waals surface area contributed by atoms with Crippen LogP contribution in [0.5, 0.6) is 0 Å². The van der Waals surface area contributed by atoms with Crippen LogP contribution < -0.4 is 16.0 Å². The maximum atomic E-state index is 13.6. The average molecular weight is 496 g/mol. The number of nitrogens with two attached hydrogens (primary N) is 1. The molecule has 1 aliphatic heterocycles. The quantitative estimate of drug-likeness (QED) is 0.527. The van der Waals surface area contributed by atoms with Crippen LogP contribution in [0.1, 0.15) is 19.8 Å². The van der Waals surface area contributed by atoms with Crippen molar-refractivity contribution >= 4 is 50.2 Å². The molecule has 2 heterocycles. The van der Waals surface area contributed by atoms with Crippen molar-refractivity contribution in [2.75, 3.05) is 31.2 Å². The van der Waals surface area contributed by atoms with E-state index >= 15 is 0 Å². The minimum absolute atomic E-state index is 0.0526. The van der Waals surface area contributed by atoms with Crippen LogP contribution in [0.3, 0.4) is 0 Å². The van der Waals surface area contributed by atoms with Gasteiger partial charge in [0.05, 0.1) is 29.6 Å². The summed E-state index contributed by atoms with van der Waals surface area (Å²) in [6.45, 7) is 2.98. The molecule has 0 aromatic carbocycles. The fourth-order valence-corrected chi connectivity index (χ4v) is 4.21. The van der Waals surface area contributed by atoms with Gasteiger partial charge >= 0.3 is 6.03 Å². The van der Waals surface area contributed by atoms with Crippen molar-refractivity contribution in [2.45, 2.75) is 31.8 Å². The summed E-state index contributed by atoms with van der Waals surface area (Å²) in [5, 5.41) is 4.27. The molecule has 0 saturated carbocycles. The number of carbonyl (C=O) groups is 3. The number of imide groups is 1. The normalized spacial score (nSPS) is 17.7. The van der Waals surface area contributed by atoms with Gasteiger partial charge < -0.3 is 20.7 Å². The lowest BCUT2D eigenvalue weighted by Crippen LogP contribution is -2.57. The smallest absolute Gasteiger partial charge is 0.318 e. The van der Waals surface area contributed by atoms with E-state index in [1.165, 1.54) is 34.7 Å². The van der Waals surface area contributed by atoms with E-state index in [-0.39, 0.29) is 23.5 Å². The van der Waals surface area contributed by atoms with E-state index in [9.17, 15) is 22.8 Å². The molecular weight excluding hydrogens is 470 g/mol. The zero-order chi connectivity index (χ0) is 24.0. The summed E-state index contributed by atoms with van der Waals surface area (Å²) in [4.78, 5) is 45.9. The van der Waals surface area contributed by atoms with Gasteiger partial charge in [0.15, 0.2) is 5.82 Å². The van der Waals surface area contributed by atoms with Gasteiger partial charge in [-0.15, -0.1) is 11.3 Å². The zero-order valence-corrected chi connectivity index (χ0v) is 19.6. The number of urea groups is 1. The topological polar surface area (TPSA) is 152 Å². The Labute approximate surface area is 196 Å². The van der Waals surface area contributed by atoms with E-state index in [1.807, 2.05) is 0 Å². The number of rotatable bonds is 6. The first-order chi connectivity index (χ1) is 15.8. The molecule has 2 aliphatic rings. The van der Waals surface area contributed by atoms with Crippen molar-refractivity contribution in [3.05, 3.63) is 34.7 Å². The molecule has 1 fully saturated rings. The predicted molar refractivity (Wildman–Crippen MR) is 123 cm³/mol. The number of thiazole rings is 1. The number of hydrogen-bond donors (Lipinski definition) is 2. The van der Waals surface area contributed by atoms with Crippen LogP contribution in [-0.2, 0) is 24.6 Å². The van der Waals surface area contributed by atoms with Crippen LogP contribution >= 0.6 is 11.3 Å². The second kappa shape index (κ2) is 11.3. The van der Waals surface area contributed by atoms with Crippen LogP contribution in [0, 0.1) is 0 Å². The van der Waals surface area contributed by atoms with Crippen molar-refractivity contribution in [1.82, 2.24) is 15.2 Å².